The highest BCUT2D eigenvalue weighted by molar-refractivity contribution is 6.06. The first kappa shape index (κ1) is 23.5. The molecule has 1 heterocycles. The number of benzene rings is 1. The van der Waals surface area contributed by atoms with Gasteiger partial charge in [0.05, 0.1) is 23.9 Å². The maximum Gasteiger partial charge on any atom is 0.359 e. The molecule has 0 spiro atoms. The molecule has 10 heteroatoms. The van der Waals surface area contributed by atoms with Crippen LogP contribution in [0, 0.1) is 0 Å². The van der Waals surface area contributed by atoms with Gasteiger partial charge in [-0.05, 0) is 38.8 Å². The van der Waals surface area contributed by atoms with Crippen LogP contribution in [-0.4, -0.2) is 60.0 Å². The first-order chi connectivity index (χ1) is 14.3. The Bertz CT molecular complexity index is 1010. The highest BCUT2D eigenvalue weighted by Crippen LogP contribution is 2.28. The highest BCUT2D eigenvalue weighted by atomic mass is 16.5. The predicted octanol–water partition coefficient (Wildman–Crippen LogP) is 0.689. The summed E-state index contributed by atoms with van der Waals surface area (Å²) in [6.45, 7) is 2.95. The van der Waals surface area contributed by atoms with E-state index in [1.807, 2.05) is 0 Å². The van der Waals surface area contributed by atoms with Crippen LogP contribution in [0.3, 0.4) is 0 Å². The van der Waals surface area contributed by atoms with Gasteiger partial charge in [0.25, 0.3) is 17.2 Å². The van der Waals surface area contributed by atoms with Crippen molar-refractivity contribution in [1.82, 2.24) is 14.7 Å². The third-order valence-electron chi connectivity index (χ3n) is 5.42. The lowest BCUT2D eigenvalue weighted by Gasteiger charge is -2.36. The van der Waals surface area contributed by atoms with Gasteiger partial charge in [-0.15, -0.1) is 0 Å². The van der Waals surface area contributed by atoms with Crippen LogP contribution in [0.1, 0.15) is 32.6 Å². The number of hydrogen-bond acceptors (Lipinski definition) is 6. The Morgan fingerprint density at radius 2 is 1.73 bits per heavy atom. The lowest BCUT2D eigenvalue weighted by Crippen LogP contribution is -2.60. The number of H-pyrrole nitrogens is 2. The molecule has 2 aromatic rings. The summed E-state index contributed by atoms with van der Waals surface area (Å²) in [6, 6.07) is 4.55. The Balaban J connectivity index is 2.59. The summed E-state index contributed by atoms with van der Waals surface area (Å²) >= 11 is 0. The standard InChI is InChI=1S/C20H28N4O6/c1-3-24(11-7-5-4-6-10-21,19(27)16(30-2)20(28)29)13-8-9-14-15(12-13)18(26)23-22-17(14)25/h8-9,12,16H,3-7,10-11,21H2,1-2H3,(H2-,22,23,25,26,28,29)/p+1. The molecule has 1 aromatic heterocycles. The Hall–Kier alpha value is -2.82. The number of amides is 1. The summed E-state index contributed by atoms with van der Waals surface area (Å²) in [7, 11) is 1.17. The molecule has 2 atom stereocenters. The minimum atomic E-state index is -1.65. The molecule has 30 heavy (non-hydrogen) atoms. The number of nitrogens with one attached hydrogen (secondary N) is 2. The molecule has 0 aliphatic carbocycles. The largest absolute Gasteiger partial charge is 0.479 e. The van der Waals surface area contributed by atoms with Crippen LogP contribution in [0.4, 0.5) is 5.69 Å². The number of carbonyl (C=O) groups excluding carboxylic acids is 1. The molecule has 10 nitrogen and oxygen atoms in total. The van der Waals surface area contributed by atoms with Gasteiger partial charge in [0.2, 0.25) is 0 Å². The van der Waals surface area contributed by atoms with Crippen molar-refractivity contribution in [1.29, 1.82) is 0 Å². The van der Waals surface area contributed by atoms with Gasteiger partial charge < -0.3 is 15.6 Å². The highest BCUT2D eigenvalue weighted by Gasteiger charge is 2.45. The van der Waals surface area contributed by atoms with Crippen molar-refractivity contribution >= 4 is 28.3 Å². The van der Waals surface area contributed by atoms with Gasteiger partial charge in [-0.3, -0.25) is 19.8 Å². The van der Waals surface area contributed by atoms with Crippen LogP contribution in [0.15, 0.2) is 27.8 Å². The number of carboxylic acid groups (broad SMARTS) is 1. The number of aromatic amines is 2. The minimum absolute atomic E-state index is 0.132. The van der Waals surface area contributed by atoms with E-state index in [9.17, 15) is 24.3 Å². The number of carbonyl (C=O) groups is 2. The summed E-state index contributed by atoms with van der Waals surface area (Å²) in [6.07, 6.45) is 1.59. The zero-order chi connectivity index (χ0) is 22.3. The molecule has 164 valence electrons. The molecule has 0 bridgehead atoms. The van der Waals surface area contributed by atoms with Crippen molar-refractivity contribution in [2.45, 2.75) is 38.7 Å². The van der Waals surface area contributed by atoms with Gasteiger partial charge in [-0.1, -0.05) is 6.42 Å². The fourth-order valence-corrected chi connectivity index (χ4v) is 3.71. The van der Waals surface area contributed by atoms with Gasteiger partial charge in [0.1, 0.15) is 5.69 Å². The van der Waals surface area contributed by atoms with E-state index >= 15 is 0 Å². The molecule has 0 saturated heterocycles. The van der Waals surface area contributed by atoms with Crippen LogP contribution in [0.25, 0.3) is 10.8 Å². The van der Waals surface area contributed by atoms with Crippen molar-refractivity contribution in [2.24, 2.45) is 5.73 Å². The quantitative estimate of drug-likeness (QED) is 0.236. The van der Waals surface area contributed by atoms with E-state index in [4.69, 9.17) is 10.5 Å². The van der Waals surface area contributed by atoms with Crippen LogP contribution in [0.5, 0.6) is 0 Å². The average Bonchev–Trinajstić information content (AvgIpc) is 2.73. The van der Waals surface area contributed by atoms with Crippen molar-refractivity contribution in [3.63, 3.8) is 0 Å². The molecule has 0 aliphatic rings. The number of nitrogens with zero attached hydrogens (tertiary/aromatic N) is 1. The predicted molar refractivity (Wildman–Crippen MR) is 113 cm³/mol. The van der Waals surface area contributed by atoms with E-state index in [2.05, 4.69) is 10.2 Å². The minimum Gasteiger partial charge on any atom is -0.479 e. The van der Waals surface area contributed by atoms with Crippen molar-refractivity contribution in [2.75, 3.05) is 26.7 Å². The van der Waals surface area contributed by atoms with E-state index in [0.717, 1.165) is 19.3 Å². The maximum absolute atomic E-state index is 13.4. The number of rotatable bonds is 11. The molecule has 2 rings (SSSR count). The number of aliphatic carboxylic acids is 1. The number of unbranched alkanes of at least 4 members (excludes halogenated alkanes) is 3. The summed E-state index contributed by atoms with van der Waals surface area (Å²) in [4.78, 5) is 49.2. The number of nitrogens with two attached hydrogens (primary N) is 1. The molecule has 0 fully saturated rings. The lowest BCUT2D eigenvalue weighted by atomic mass is 10.1. The number of ether oxygens (including phenoxy) is 1. The summed E-state index contributed by atoms with van der Waals surface area (Å²) in [5, 5.41) is 14.3. The number of quaternary nitrogens is 1. The Morgan fingerprint density at radius 1 is 1.10 bits per heavy atom. The Morgan fingerprint density at radius 3 is 2.30 bits per heavy atom. The molecular formula is C20H29N4O6+. The second-order valence-corrected chi connectivity index (χ2v) is 7.14. The molecule has 1 amide bonds. The Labute approximate surface area is 173 Å². The first-order valence-corrected chi connectivity index (χ1v) is 9.94. The molecule has 1 aromatic carbocycles. The number of hydrogen-bond donors (Lipinski definition) is 4. The SMILES string of the molecule is CC[N+](CCCCCCN)(C(=O)C(OC)C(=O)O)c1ccc2c(=O)[nH][nH]c(=O)c2c1. The maximum atomic E-state index is 13.4. The number of carboxylic acids is 1. The van der Waals surface area contributed by atoms with Crippen molar-refractivity contribution < 1.29 is 19.4 Å². The fraction of sp³-hybridized carbons (Fsp3) is 0.500. The van der Waals surface area contributed by atoms with E-state index in [0.29, 0.717) is 25.2 Å². The molecule has 0 aliphatic heterocycles. The van der Waals surface area contributed by atoms with Gasteiger partial charge in [-0.2, -0.15) is 0 Å². The van der Waals surface area contributed by atoms with E-state index < -0.39 is 29.1 Å². The van der Waals surface area contributed by atoms with E-state index in [1.165, 1.54) is 19.2 Å². The first-order valence-electron chi connectivity index (χ1n) is 9.94. The summed E-state index contributed by atoms with van der Waals surface area (Å²) in [5.41, 5.74) is 5.01. The van der Waals surface area contributed by atoms with Crippen molar-refractivity contribution in [3.05, 3.63) is 38.9 Å². The monoisotopic (exact) mass is 421 g/mol. The molecule has 0 radical (unpaired) electrons. The molecule has 5 N–H and O–H groups in total. The topological polar surface area (TPSA) is 155 Å². The third kappa shape index (κ3) is 4.66. The second kappa shape index (κ2) is 10.3. The average molecular weight is 421 g/mol. The summed E-state index contributed by atoms with van der Waals surface area (Å²) in [5.74, 6) is -2.01. The third-order valence-corrected chi connectivity index (χ3v) is 5.42. The number of likely N-dealkylation sites (N-methyl/N-ethyl adjacent to an activating group) is 1. The van der Waals surface area contributed by atoms with Gasteiger partial charge in [0, 0.05) is 19.2 Å². The Kier molecular flexibility index (Phi) is 8.04. The molecular weight excluding hydrogens is 392 g/mol. The fourth-order valence-electron chi connectivity index (χ4n) is 3.71. The lowest BCUT2D eigenvalue weighted by molar-refractivity contribution is -0.159. The number of fused-ring (bicyclic) bond motifs is 1. The van der Waals surface area contributed by atoms with E-state index in [1.54, 1.807) is 13.0 Å². The zero-order valence-corrected chi connectivity index (χ0v) is 17.3. The normalized spacial score (nSPS) is 14.4. The molecule has 0 saturated carbocycles. The van der Waals surface area contributed by atoms with Crippen molar-refractivity contribution in [3.8, 4) is 0 Å². The second-order valence-electron chi connectivity index (χ2n) is 7.14. The van der Waals surface area contributed by atoms with Crippen LogP contribution in [-0.2, 0) is 14.3 Å². The van der Waals surface area contributed by atoms with Gasteiger partial charge in [-0.25, -0.2) is 14.1 Å². The summed E-state index contributed by atoms with van der Waals surface area (Å²) < 4.78 is 4.66. The number of methoxy groups -OCH3 is 1. The van der Waals surface area contributed by atoms with Crippen LogP contribution in [0.2, 0.25) is 0 Å². The van der Waals surface area contributed by atoms with Gasteiger partial charge in [0.15, 0.2) is 0 Å². The van der Waals surface area contributed by atoms with E-state index in [-0.39, 0.29) is 21.8 Å². The molecule has 2 unspecified atom stereocenters. The van der Waals surface area contributed by atoms with Crippen LogP contribution >= 0.6 is 0 Å². The van der Waals surface area contributed by atoms with Gasteiger partial charge >= 0.3 is 11.9 Å². The van der Waals surface area contributed by atoms with Crippen LogP contribution < -0.4 is 21.3 Å². The smallest absolute Gasteiger partial charge is 0.359 e. The number of aromatic nitrogens is 2. The zero-order valence-electron chi connectivity index (χ0n) is 17.3.